The lowest BCUT2D eigenvalue weighted by Gasteiger charge is -2.13. The molecule has 1 aromatic carbocycles. The van der Waals surface area contributed by atoms with E-state index >= 15 is 0 Å². The van der Waals surface area contributed by atoms with E-state index in [9.17, 15) is 0 Å². The van der Waals surface area contributed by atoms with E-state index in [1.165, 1.54) is 22.6 Å². The maximum absolute atomic E-state index is 4.23. The Morgan fingerprint density at radius 1 is 0.952 bits per heavy atom. The van der Waals surface area contributed by atoms with Crippen LogP contribution >= 0.6 is 0 Å². The number of aromatic nitrogens is 2. The molecule has 3 rings (SSSR count). The summed E-state index contributed by atoms with van der Waals surface area (Å²) in [7, 11) is 0. The normalized spacial score (nSPS) is 11.0. The van der Waals surface area contributed by atoms with Gasteiger partial charge in [-0.1, -0.05) is 26.0 Å². The minimum Gasteiger partial charge on any atom is -0.314 e. The van der Waals surface area contributed by atoms with E-state index in [1.54, 1.807) is 6.20 Å². The van der Waals surface area contributed by atoms with E-state index < -0.39 is 0 Å². The molecule has 21 heavy (non-hydrogen) atoms. The number of aryl methyl sites for hydroxylation is 1. The molecule has 0 saturated heterocycles. The molecule has 0 unspecified atom stereocenters. The van der Waals surface area contributed by atoms with Crippen molar-refractivity contribution in [1.29, 1.82) is 0 Å². The van der Waals surface area contributed by atoms with Gasteiger partial charge in [0.1, 0.15) is 0 Å². The molecule has 3 aromatic rings. The van der Waals surface area contributed by atoms with Gasteiger partial charge in [0.25, 0.3) is 0 Å². The first kappa shape index (κ1) is 13.6. The summed E-state index contributed by atoms with van der Waals surface area (Å²) in [5, 5.41) is 0. The Morgan fingerprint density at radius 2 is 1.71 bits per heavy atom. The summed E-state index contributed by atoms with van der Waals surface area (Å²) in [5.41, 5.74) is 6.11. The molecule has 2 heteroatoms. The summed E-state index contributed by atoms with van der Waals surface area (Å²) in [6.45, 7) is 6.57. The number of nitrogens with zero attached hydrogens (tertiary/aromatic N) is 2. The second-order valence-electron chi connectivity index (χ2n) is 5.68. The van der Waals surface area contributed by atoms with Crippen molar-refractivity contribution in [3.05, 3.63) is 72.2 Å². The smallest absolute Gasteiger partial charge is 0.0546 e. The third-order valence-corrected chi connectivity index (χ3v) is 3.85. The zero-order valence-corrected chi connectivity index (χ0v) is 12.7. The summed E-state index contributed by atoms with van der Waals surface area (Å²) in [6, 6.07) is 17.2. The van der Waals surface area contributed by atoms with Gasteiger partial charge in [-0.05, 0) is 54.8 Å². The first-order valence-electron chi connectivity index (χ1n) is 7.36. The van der Waals surface area contributed by atoms with Crippen LogP contribution < -0.4 is 0 Å². The Labute approximate surface area is 126 Å². The molecule has 0 radical (unpaired) electrons. The number of benzene rings is 1. The molecule has 0 aliphatic heterocycles. The van der Waals surface area contributed by atoms with Crippen molar-refractivity contribution in [2.45, 2.75) is 26.7 Å². The molecule has 0 aliphatic rings. The highest BCUT2D eigenvalue weighted by Crippen LogP contribution is 2.26. The molecule has 0 fully saturated rings. The van der Waals surface area contributed by atoms with Gasteiger partial charge >= 0.3 is 0 Å². The van der Waals surface area contributed by atoms with Gasteiger partial charge in [-0.3, -0.25) is 4.98 Å². The van der Waals surface area contributed by atoms with Crippen LogP contribution in [0, 0.1) is 6.92 Å². The summed E-state index contributed by atoms with van der Waals surface area (Å²) in [6.07, 6.45) is 3.72. The van der Waals surface area contributed by atoms with E-state index in [2.05, 4.69) is 72.8 Å². The zero-order chi connectivity index (χ0) is 14.8. The van der Waals surface area contributed by atoms with Gasteiger partial charge < -0.3 is 4.57 Å². The molecule has 0 amide bonds. The Balaban J connectivity index is 2.08. The summed E-state index contributed by atoms with van der Waals surface area (Å²) >= 11 is 0. The van der Waals surface area contributed by atoms with E-state index in [0.717, 1.165) is 5.56 Å². The quantitative estimate of drug-likeness (QED) is 0.660. The van der Waals surface area contributed by atoms with E-state index in [1.807, 2.05) is 12.3 Å². The molecule has 0 bridgehead atoms. The van der Waals surface area contributed by atoms with Crippen molar-refractivity contribution in [2.75, 3.05) is 0 Å². The van der Waals surface area contributed by atoms with Gasteiger partial charge in [-0.25, -0.2) is 0 Å². The second-order valence-corrected chi connectivity index (χ2v) is 5.68. The van der Waals surface area contributed by atoms with Crippen LogP contribution in [0.25, 0.3) is 16.9 Å². The Hall–Kier alpha value is -2.35. The zero-order valence-electron chi connectivity index (χ0n) is 12.7. The lowest BCUT2D eigenvalue weighted by atomic mass is 10.0. The van der Waals surface area contributed by atoms with Gasteiger partial charge in [-0.15, -0.1) is 0 Å². The minimum absolute atomic E-state index is 0.558. The number of pyridine rings is 1. The fraction of sp³-hybridized carbons (Fsp3) is 0.211. The second kappa shape index (κ2) is 5.57. The predicted octanol–water partition coefficient (Wildman–Crippen LogP) is 4.97. The van der Waals surface area contributed by atoms with Crippen LogP contribution in [0.15, 0.2) is 60.9 Å². The number of hydrogen-bond acceptors (Lipinski definition) is 1. The largest absolute Gasteiger partial charge is 0.314 e. The Bertz CT molecular complexity index is 722. The Kier molecular flexibility index (Phi) is 3.61. The molecule has 2 aromatic heterocycles. The number of hydrogen-bond donors (Lipinski definition) is 0. The van der Waals surface area contributed by atoms with Gasteiger partial charge in [0.05, 0.1) is 5.69 Å². The highest BCUT2D eigenvalue weighted by atomic mass is 15.0. The van der Waals surface area contributed by atoms with Crippen molar-refractivity contribution in [2.24, 2.45) is 0 Å². The molecule has 106 valence electrons. The van der Waals surface area contributed by atoms with Crippen molar-refractivity contribution in [3.63, 3.8) is 0 Å². The van der Waals surface area contributed by atoms with Crippen molar-refractivity contribution >= 4 is 0 Å². The van der Waals surface area contributed by atoms with Crippen LogP contribution in [0.1, 0.15) is 31.0 Å². The van der Waals surface area contributed by atoms with E-state index in [0.29, 0.717) is 5.92 Å². The molecule has 0 aliphatic carbocycles. The van der Waals surface area contributed by atoms with Crippen molar-refractivity contribution in [1.82, 2.24) is 9.55 Å². The summed E-state index contributed by atoms with van der Waals surface area (Å²) in [5.74, 6) is 0.558. The molecule has 2 heterocycles. The molecule has 0 spiro atoms. The Morgan fingerprint density at radius 3 is 2.33 bits per heavy atom. The lowest BCUT2D eigenvalue weighted by molar-refractivity contribution is 0.865. The van der Waals surface area contributed by atoms with Gasteiger partial charge in [0.2, 0.25) is 0 Å². The molecule has 2 nitrogen and oxygen atoms in total. The molecule has 0 N–H and O–H groups in total. The molecular formula is C19H20N2. The molecule has 0 atom stereocenters. The van der Waals surface area contributed by atoms with E-state index in [4.69, 9.17) is 0 Å². The van der Waals surface area contributed by atoms with Gasteiger partial charge in [-0.2, -0.15) is 0 Å². The lowest BCUT2D eigenvalue weighted by Crippen LogP contribution is -1.99. The number of rotatable bonds is 3. The van der Waals surface area contributed by atoms with Gasteiger partial charge in [0.15, 0.2) is 0 Å². The first-order valence-corrected chi connectivity index (χ1v) is 7.36. The highest BCUT2D eigenvalue weighted by molar-refractivity contribution is 5.63. The van der Waals surface area contributed by atoms with Gasteiger partial charge in [0, 0.05) is 29.3 Å². The third-order valence-electron chi connectivity index (χ3n) is 3.85. The average molecular weight is 276 g/mol. The van der Waals surface area contributed by atoms with Crippen LogP contribution in [0.3, 0.4) is 0 Å². The highest BCUT2D eigenvalue weighted by Gasteiger charge is 2.09. The van der Waals surface area contributed by atoms with Crippen LogP contribution in [0.4, 0.5) is 0 Å². The van der Waals surface area contributed by atoms with Crippen LogP contribution in [0.2, 0.25) is 0 Å². The van der Waals surface area contributed by atoms with Crippen LogP contribution in [-0.2, 0) is 0 Å². The molecular weight excluding hydrogens is 256 g/mol. The monoisotopic (exact) mass is 276 g/mol. The standard InChI is InChI=1S/C19H20N2/c1-14(2)16-7-9-18(10-8-16)21-15(3)6-11-19(21)17-5-4-12-20-13-17/h4-14H,1-3H3. The maximum atomic E-state index is 4.23. The van der Waals surface area contributed by atoms with Crippen molar-refractivity contribution < 1.29 is 0 Å². The first-order chi connectivity index (χ1) is 10.2. The third kappa shape index (κ3) is 2.62. The average Bonchev–Trinajstić information content (AvgIpc) is 2.90. The van der Waals surface area contributed by atoms with Crippen LogP contribution in [-0.4, -0.2) is 9.55 Å². The summed E-state index contributed by atoms with van der Waals surface area (Å²) < 4.78 is 2.28. The minimum atomic E-state index is 0.558. The fourth-order valence-electron chi connectivity index (χ4n) is 2.63. The topological polar surface area (TPSA) is 17.8 Å². The van der Waals surface area contributed by atoms with E-state index in [-0.39, 0.29) is 0 Å². The SMILES string of the molecule is Cc1ccc(-c2cccnc2)n1-c1ccc(C(C)C)cc1. The maximum Gasteiger partial charge on any atom is 0.0546 e. The van der Waals surface area contributed by atoms with Crippen LogP contribution in [0.5, 0.6) is 0 Å². The predicted molar refractivity (Wildman–Crippen MR) is 87.8 cm³/mol. The molecule has 0 saturated carbocycles. The van der Waals surface area contributed by atoms with Crippen molar-refractivity contribution in [3.8, 4) is 16.9 Å². The fourth-order valence-corrected chi connectivity index (χ4v) is 2.63. The summed E-state index contributed by atoms with van der Waals surface area (Å²) in [4.78, 5) is 4.23.